The minimum atomic E-state index is 0.629. The van der Waals surface area contributed by atoms with Gasteiger partial charge in [0.05, 0.1) is 10.2 Å². The number of nitrogens with zero attached hydrogens (tertiary/aromatic N) is 4. The van der Waals surface area contributed by atoms with Crippen LogP contribution in [0.5, 0.6) is 0 Å². The van der Waals surface area contributed by atoms with Crippen molar-refractivity contribution in [1.29, 1.82) is 0 Å². The molecule has 0 N–H and O–H groups in total. The summed E-state index contributed by atoms with van der Waals surface area (Å²) in [5.41, 5.74) is 8.70. The van der Waals surface area contributed by atoms with Gasteiger partial charge in [0.25, 0.3) is 0 Å². The Hall–Kier alpha value is -6.50. The zero-order chi connectivity index (χ0) is 33.0. The van der Waals surface area contributed by atoms with Crippen LogP contribution in [0.4, 0.5) is 0 Å². The lowest BCUT2D eigenvalue weighted by Crippen LogP contribution is -2.00. The molecular weight excluding hydrogens is 633 g/mol. The van der Waals surface area contributed by atoms with Crippen molar-refractivity contribution in [3.05, 3.63) is 158 Å². The molecule has 234 valence electrons. The Balaban J connectivity index is 1.13. The quantitative estimate of drug-likeness (QED) is 0.184. The second-order valence-electron chi connectivity index (χ2n) is 12.2. The van der Waals surface area contributed by atoms with E-state index in [1.165, 1.54) is 0 Å². The van der Waals surface area contributed by atoms with Gasteiger partial charge in [0.2, 0.25) is 0 Å². The smallest absolute Gasteiger partial charge is 0.164 e. The second kappa shape index (κ2) is 11.6. The van der Waals surface area contributed by atoms with Gasteiger partial charge in [-0.05, 0) is 22.4 Å². The van der Waals surface area contributed by atoms with E-state index in [1.807, 2.05) is 78.9 Å². The van der Waals surface area contributed by atoms with Crippen LogP contribution < -0.4 is 0 Å². The lowest BCUT2D eigenvalue weighted by atomic mass is 9.94. The molecule has 0 saturated carbocycles. The standard InChI is InChI=1S/C44H26N4OS/c1-4-13-27(14-5-1)41-46-42(28-15-6-2-7-16-28)48-43(47-41)35-24-11-19-30-31(20-10-21-32(30)35)33-22-12-23-34-36-25-39-37(26-38(36)49-40(33)34)45-44(50-39)29-17-8-3-9-18-29/h1-26H. The summed E-state index contributed by atoms with van der Waals surface area (Å²) in [6, 6.07) is 53.9. The number of furan rings is 1. The number of aromatic nitrogens is 4. The van der Waals surface area contributed by atoms with Gasteiger partial charge < -0.3 is 4.42 Å². The highest BCUT2D eigenvalue weighted by Crippen LogP contribution is 2.42. The van der Waals surface area contributed by atoms with E-state index in [4.69, 9.17) is 24.4 Å². The Kier molecular flexibility index (Phi) is 6.60. The molecule has 5 nitrogen and oxygen atoms in total. The highest BCUT2D eigenvalue weighted by atomic mass is 32.1. The molecule has 0 spiro atoms. The molecule has 0 atom stereocenters. The van der Waals surface area contributed by atoms with Gasteiger partial charge in [-0.15, -0.1) is 11.3 Å². The SMILES string of the molecule is c1ccc(-c2nc(-c3ccccc3)nc(-c3cccc4c(-c5cccc6c5oc5cc7nc(-c8ccccc8)sc7cc56)cccc34)n2)cc1. The monoisotopic (exact) mass is 658 g/mol. The number of benzene rings is 7. The summed E-state index contributed by atoms with van der Waals surface area (Å²) in [4.78, 5) is 19.9. The molecule has 0 aliphatic heterocycles. The van der Waals surface area contributed by atoms with Crippen LogP contribution in [-0.4, -0.2) is 19.9 Å². The van der Waals surface area contributed by atoms with Crippen LogP contribution in [0.3, 0.4) is 0 Å². The second-order valence-corrected chi connectivity index (χ2v) is 13.3. The number of para-hydroxylation sites is 1. The third-order valence-corrected chi connectivity index (χ3v) is 10.2. The molecule has 0 saturated heterocycles. The fraction of sp³-hybridized carbons (Fsp3) is 0. The molecule has 50 heavy (non-hydrogen) atoms. The van der Waals surface area contributed by atoms with E-state index in [9.17, 15) is 0 Å². The maximum absolute atomic E-state index is 6.69. The molecule has 0 unspecified atom stereocenters. The van der Waals surface area contributed by atoms with E-state index in [2.05, 4.69) is 78.9 Å². The van der Waals surface area contributed by atoms with Crippen LogP contribution in [0.1, 0.15) is 0 Å². The van der Waals surface area contributed by atoms with Crippen molar-refractivity contribution in [3.8, 4) is 55.9 Å². The number of fused-ring (bicyclic) bond motifs is 5. The highest BCUT2D eigenvalue weighted by molar-refractivity contribution is 7.21. The molecule has 6 heteroatoms. The van der Waals surface area contributed by atoms with Crippen LogP contribution in [0, 0.1) is 0 Å². The van der Waals surface area contributed by atoms with Gasteiger partial charge in [-0.2, -0.15) is 0 Å². The largest absolute Gasteiger partial charge is 0.455 e. The van der Waals surface area contributed by atoms with Crippen molar-refractivity contribution in [3.63, 3.8) is 0 Å². The minimum absolute atomic E-state index is 0.629. The van der Waals surface area contributed by atoms with Crippen molar-refractivity contribution in [2.45, 2.75) is 0 Å². The first kappa shape index (κ1) is 28.5. The first-order valence-corrected chi connectivity index (χ1v) is 17.3. The number of hydrogen-bond acceptors (Lipinski definition) is 6. The Morgan fingerprint density at radius 3 is 1.60 bits per heavy atom. The predicted molar refractivity (Wildman–Crippen MR) is 205 cm³/mol. The number of rotatable bonds is 5. The van der Waals surface area contributed by atoms with E-state index < -0.39 is 0 Å². The van der Waals surface area contributed by atoms with Gasteiger partial charge in [0.15, 0.2) is 17.5 Å². The van der Waals surface area contributed by atoms with Crippen molar-refractivity contribution < 1.29 is 4.42 Å². The lowest BCUT2D eigenvalue weighted by Gasteiger charge is -2.12. The highest BCUT2D eigenvalue weighted by Gasteiger charge is 2.19. The minimum Gasteiger partial charge on any atom is -0.455 e. The lowest BCUT2D eigenvalue weighted by molar-refractivity contribution is 0.670. The van der Waals surface area contributed by atoms with Gasteiger partial charge in [0, 0.05) is 44.7 Å². The van der Waals surface area contributed by atoms with E-state index in [1.54, 1.807) is 11.3 Å². The Morgan fingerprint density at radius 2 is 0.940 bits per heavy atom. The third-order valence-electron chi connectivity index (χ3n) is 9.18. The third kappa shape index (κ3) is 4.77. The Bertz CT molecular complexity index is 2810. The van der Waals surface area contributed by atoms with Crippen LogP contribution in [0.2, 0.25) is 0 Å². The topological polar surface area (TPSA) is 64.7 Å². The van der Waals surface area contributed by atoms with Gasteiger partial charge in [-0.3, -0.25) is 0 Å². The summed E-state index contributed by atoms with van der Waals surface area (Å²) in [7, 11) is 0. The van der Waals surface area contributed by atoms with Crippen molar-refractivity contribution in [2.24, 2.45) is 0 Å². The van der Waals surface area contributed by atoms with Gasteiger partial charge in [-0.1, -0.05) is 146 Å². The van der Waals surface area contributed by atoms with Gasteiger partial charge in [0.1, 0.15) is 16.2 Å². The number of thiazole rings is 1. The summed E-state index contributed by atoms with van der Waals surface area (Å²) in [5.74, 6) is 1.91. The molecule has 3 heterocycles. The van der Waals surface area contributed by atoms with E-state index in [0.717, 1.165) is 81.3 Å². The molecule has 0 fully saturated rings. The van der Waals surface area contributed by atoms with Gasteiger partial charge >= 0.3 is 0 Å². The van der Waals surface area contributed by atoms with Crippen LogP contribution in [-0.2, 0) is 0 Å². The molecule has 0 radical (unpaired) electrons. The zero-order valence-corrected chi connectivity index (χ0v) is 27.4. The number of hydrogen-bond donors (Lipinski definition) is 0. The van der Waals surface area contributed by atoms with Crippen LogP contribution >= 0.6 is 11.3 Å². The van der Waals surface area contributed by atoms with Gasteiger partial charge in [-0.25, -0.2) is 19.9 Å². The average molecular weight is 659 g/mol. The molecule has 10 aromatic rings. The first-order valence-electron chi connectivity index (χ1n) is 16.5. The van der Waals surface area contributed by atoms with Crippen molar-refractivity contribution >= 4 is 54.3 Å². The maximum atomic E-state index is 6.69. The van der Waals surface area contributed by atoms with Crippen molar-refractivity contribution in [2.75, 3.05) is 0 Å². The Morgan fingerprint density at radius 1 is 0.400 bits per heavy atom. The van der Waals surface area contributed by atoms with Crippen molar-refractivity contribution in [1.82, 2.24) is 19.9 Å². The summed E-state index contributed by atoms with van der Waals surface area (Å²) in [6.07, 6.45) is 0. The molecule has 10 rings (SSSR count). The zero-order valence-electron chi connectivity index (χ0n) is 26.6. The summed E-state index contributed by atoms with van der Waals surface area (Å²) >= 11 is 1.71. The normalized spacial score (nSPS) is 11.6. The molecule has 3 aromatic heterocycles. The predicted octanol–water partition coefficient (Wildman–Crippen LogP) is 11.9. The summed E-state index contributed by atoms with van der Waals surface area (Å²) in [6.45, 7) is 0. The van der Waals surface area contributed by atoms with E-state index in [0.29, 0.717) is 17.5 Å². The molecule has 0 aliphatic carbocycles. The van der Waals surface area contributed by atoms with Crippen LogP contribution in [0.15, 0.2) is 162 Å². The summed E-state index contributed by atoms with van der Waals surface area (Å²) in [5, 5.41) is 5.33. The first-order chi connectivity index (χ1) is 24.8. The molecular formula is C44H26N4OS. The fourth-order valence-electron chi connectivity index (χ4n) is 6.80. The average Bonchev–Trinajstić information content (AvgIpc) is 3.78. The molecule has 7 aromatic carbocycles. The molecule has 0 amide bonds. The fourth-order valence-corrected chi connectivity index (χ4v) is 7.80. The maximum Gasteiger partial charge on any atom is 0.164 e. The van der Waals surface area contributed by atoms with E-state index in [-0.39, 0.29) is 0 Å². The van der Waals surface area contributed by atoms with E-state index >= 15 is 0 Å². The Labute approximate surface area is 291 Å². The molecule has 0 aliphatic rings. The molecule has 0 bridgehead atoms. The van der Waals surface area contributed by atoms with Crippen LogP contribution in [0.25, 0.3) is 98.8 Å². The summed E-state index contributed by atoms with van der Waals surface area (Å²) < 4.78 is 7.83.